The predicted molar refractivity (Wildman–Crippen MR) is 93.5 cm³/mol. The van der Waals surface area contributed by atoms with E-state index in [-0.39, 0.29) is 11.5 Å². The van der Waals surface area contributed by atoms with Gasteiger partial charge in [0.15, 0.2) is 11.4 Å². The lowest BCUT2D eigenvalue weighted by Gasteiger charge is -2.32. The molecule has 23 heavy (non-hydrogen) atoms. The van der Waals surface area contributed by atoms with Crippen LogP contribution in [0.3, 0.4) is 0 Å². The molecule has 2 aromatic carbocycles. The van der Waals surface area contributed by atoms with Crippen molar-refractivity contribution in [2.24, 2.45) is 0 Å². The predicted octanol–water partition coefficient (Wildman–Crippen LogP) is 4.34. The molecule has 1 N–H and O–H groups in total. The first-order chi connectivity index (χ1) is 10.9. The Balaban J connectivity index is 2.41. The van der Waals surface area contributed by atoms with Gasteiger partial charge in [0.05, 0.1) is 0 Å². The Bertz CT molecular complexity index is 861. The summed E-state index contributed by atoms with van der Waals surface area (Å²) < 4.78 is 5.79. The molecule has 1 unspecified atom stereocenters. The zero-order valence-electron chi connectivity index (χ0n) is 13.6. The highest BCUT2D eigenvalue weighted by Gasteiger charge is 2.38. The number of hydrogen-bond donors (Lipinski definition) is 1. The summed E-state index contributed by atoms with van der Waals surface area (Å²) in [5.74, 6) is 0.163. The number of benzene rings is 2. The third-order valence-corrected chi connectivity index (χ3v) is 4.67. The molecular formula is C20H20O3. The van der Waals surface area contributed by atoms with Crippen molar-refractivity contribution in [2.45, 2.75) is 26.4 Å². The molecule has 3 heteroatoms. The Morgan fingerprint density at radius 2 is 2.04 bits per heavy atom. The first kappa shape index (κ1) is 15.5. The molecular weight excluding hydrogens is 288 g/mol. The first-order valence-corrected chi connectivity index (χ1v) is 7.72. The van der Waals surface area contributed by atoms with Crippen LogP contribution < -0.4 is 0 Å². The van der Waals surface area contributed by atoms with Gasteiger partial charge in [-0.05, 0) is 65.9 Å². The number of phenolic OH excluding ortho intramolecular Hbond substituents is 1. The highest BCUT2D eigenvalue weighted by atomic mass is 16.5. The quantitative estimate of drug-likeness (QED) is 0.917. The zero-order valence-corrected chi connectivity index (χ0v) is 13.6. The lowest BCUT2D eigenvalue weighted by atomic mass is 9.80. The maximum absolute atomic E-state index is 12.4. The second-order valence-corrected chi connectivity index (χ2v) is 5.92. The number of fused-ring (bicyclic) bond motifs is 3. The van der Waals surface area contributed by atoms with Crippen LogP contribution in [0.15, 0.2) is 30.9 Å². The minimum Gasteiger partial charge on any atom is -0.508 e. The topological polar surface area (TPSA) is 46.5 Å². The average Bonchev–Trinajstić information content (AvgIpc) is 2.52. The Hall–Kier alpha value is -2.39. The SMILES string of the molecule is C=Cc1c(C)c(O)cc2c3c(ccc12)C(C)(OCC)C(=O)C=C3. The summed E-state index contributed by atoms with van der Waals surface area (Å²) in [6.45, 7) is 9.85. The van der Waals surface area contributed by atoms with Gasteiger partial charge in [-0.25, -0.2) is 0 Å². The number of aromatic hydroxyl groups is 1. The minimum absolute atomic E-state index is 0.0634. The summed E-state index contributed by atoms with van der Waals surface area (Å²) >= 11 is 0. The van der Waals surface area contributed by atoms with Gasteiger partial charge in [0.25, 0.3) is 0 Å². The molecule has 0 spiro atoms. The van der Waals surface area contributed by atoms with Gasteiger partial charge >= 0.3 is 0 Å². The fourth-order valence-electron chi connectivity index (χ4n) is 3.36. The molecule has 118 valence electrons. The number of carbonyl (C=O) groups is 1. The zero-order chi connectivity index (χ0) is 16.8. The number of phenols is 1. The van der Waals surface area contributed by atoms with Crippen LogP contribution in [0.25, 0.3) is 22.9 Å². The Morgan fingerprint density at radius 3 is 2.70 bits per heavy atom. The van der Waals surface area contributed by atoms with E-state index >= 15 is 0 Å². The number of ether oxygens (including phenoxy) is 1. The smallest absolute Gasteiger partial charge is 0.191 e. The number of ketones is 1. The van der Waals surface area contributed by atoms with Crippen LogP contribution in [0, 0.1) is 6.92 Å². The summed E-state index contributed by atoms with van der Waals surface area (Å²) in [5.41, 5.74) is 2.47. The molecule has 3 rings (SSSR count). The Kier molecular flexibility index (Phi) is 3.61. The van der Waals surface area contributed by atoms with Gasteiger partial charge in [-0.2, -0.15) is 0 Å². The van der Waals surface area contributed by atoms with Crippen molar-refractivity contribution in [3.8, 4) is 5.75 Å². The van der Waals surface area contributed by atoms with Crippen molar-refractivity contribution in [3.05, 3.63) is 53.1 Å². The maximum atomic E-state index is 12.4. The average molecular weight is 308 g/mol. The molecule has 0 fully saturated rings. The van der Waals surface area contributed by atoms with E-state index in [1.807, 2.05) is 32.1 Å². The van der Waals surface area contributed by atoms with Crippen LogP contribution in [-0.2, 0) is 15.1 Å². The highest BCUT2D eigenvalue weighted by molar-refractivity contribution is 6.09. The number of carbonyl (C=O) groups excluding carboxylic acids is 1. The molecule has 0 amide bonds. The lowest BCUT2D eigenvalue weighted by Crippen LogP contribution is -2.37. The van der Waals surface area contributed by atoms with Gasteiger partial charge in [0, 0.05) is 6.61 Å². The maximum Gasteiger partial charge on any atom is 0.191 e. The van der Waals surface area contributed by atoms with Crippen molar-refractivity contribution in [3.63, 3.8) is 0 Å². The molecule has 1 aliphatic rings. The molecule has 0 bridgehead atoms. The van der Waals surface area contributed by atoms with Crippen molar-refractivity contribution in [2.75, 3.05) is 6.61 Å². The van der Waals surface area contributed by atoms with Gasteiger partial charge in [-0.3, -0.25) is 4.79 Å². The van der Waals surface area contributed by atoms with Crippen LogP contribution in [-0.4, -0.2) is 17.5 Å². The lowest BCUT2D eigenvalue weighted by molar-refractivity contribution is -0.138. The molecule has 1 atom stereocenters. The molecule has 0 aliphatic heterocycles. The van der Waals surface area contributed by atoms with Crippen molar-refractivity contribution < 1.29 is 14.6 Å². The van der Waals surface area contributed by atoms with Crippen LogP contribution in [0.1, 0.15) is 36.1 Å². The second kappa shape index (κ2) is 5.36. The summed E-state index contributed by atoms with van der Waals surface area (Å²) in [5, 5.41) is 12.2. The van der Waals surface area contributed by atoms with Gasteiger partial charge in [-0.1, -0.05) is 30.9 Å². The highest BCUT2D eigenvalue weighted by Crippen LogP contribution is 2.41. The van der Waals surface area contributed by atoms with E-state index in [0.717, 1.165) is 33.0 Å². The van der Waals surface area contributed by atoms with Crippen LogP contribution in [0.5, 0.6) is 5.75 Å². The van der Waals surface area contributed by atoms with Gasteiger partial charge < -0.3 is 9.84 Å². The van der Waals surface area contributed by atoms with Crippen molar-refractivity contribution >= 4 is 28.7 Å². The van der Waals surface area contributed by atoms with Crippen LogP contribution in [0.2, 0.25) is 0 Å². The standard InChI is InChI=1S/C20H20O3/c1-5-13-12(3)18(21)11-16-14(13)7-9-17-15(16)8-10-19(22)20(17,4)23-6-2/h5,7-11,21H,1,6H2,2-4H3. The van der Waals surface area contributed by atoms with Gasteiger partial charge in [-0.15, -0.1) is 0 Å². The van der Waals surface area contributed by atoms with E-state index < -0.39 is 5.60 Å². The van der Waals surface area contributed by atoms with Crippen LogP contribution >= 0.6 is 0 Å². The molecule has 0 aromatic heterocycles. The fraction of sp³-hybridized carbons (Fsp3) is 0.250. The van der Waals surface area contributed by atoms with E-state index in [9.17, 15) is 9.90 Å². The summed E-state index contributed by atoms with van der Waals surface area (Å²) in [4.78, 5) is 12.4. The second-order valence-electron chi connectivity index (χ2n) is 5.92. The summed E-state index contributed by atoms with van der Waals surface area (Å²) in [7, 11) is 0. The van der Waals surface area contributed by atoms with E-state index in [1.54, 1.807) is 25.1 Å². The third kappa shape index (κ3) is 2.12. The third-order valence-electron chi connectivity index (χ3n) is 4.67. The molecule has 0 saturated carbocycles. The largest absolute Gasteiger partial charge is 0.508 e. The first-order valence-electron chi connectivity index (χ1n) is 7.72. The Labute approximate surface area is 135 Å². The molecule has 0 radical (unpaired) electrons. The van der Waals surface area contributed by atoms with E-state index in [2.05, 4.69) is 6.58 Å². The van der Waals surface area contributed by atoms with Crippen molar-refractivity contribution in [1.82, 2.24) is 0 Å². The van der Waals surface area contributed by atoms with E-state index in [1.165, 1.54) is 0 Å². The summed E-state index contributed by atoms with van der Waals surface area (Å²) in [6, 6.07) is 5.67. The molecule has 0 heterocycles. The molecule has 1 aliphatic carbocycles. The monoisotopic (exact) mass is 308 g/mol. The van der Waals surface area contributed by atoms with Gasteiger partial charge in [0.2, 0.25) is 0 Å². The van der Waals surface area contributed by atoms with E-state index in [0.29, 0.717) is 6.61 Å². The van der Waals surface area contributed by atoms with E-state index in [4.69, 9.17) is 4.74 Å². The number of rotatable bonds is 3. The normalized spacial score (nSPS) is 19.9. The minimum atomic E-state index is -0.984. The van der Waals surface area contributed by atoms with Gasteiger partial charge in [0.1, 0.15) is 5.75 Å². The fourth-order valence-corrected chi connectivity index (χ4v) is 3.36. The molecule has 2 aromatic rings. The number of hydrogen-bond acceptors (Lipinski definition) is 3. The Morgan fingerprint density at radius 1 is 1.30 bits per heavy atom. The molecule has 0 saturated heterocycles. The van der Waals surface area contributed by atoms with Crippen LogP contribution in [0.4, 0.5) is 0 Å². The van der Waals surface area contributed by atoms with Crippen molar-refractivity contribution in [1.29, 1.82) is 0 Å². The molecule has 3 nitrogen and oxygen atoms in total. The summed E-state index contributed by atoms with van der Waals surface area (Å²) in [6.07, 6.45) is 5.12.